The molecule has 1 saturated heterocycles. The van der Waals surface area contributed by atoms with Gasteiger partial charge in [0.25, 0.3) is 0 Å². The summed E-state index contributed by atoms with van der Waals surface area (Å²) in [6.45, 7) is 9.09. The van der Waals surface area contributed by atoms with Crippen molar-refractivity contribution in [3.8, 4) is 17.3 Å². The van der Waals surface area contributed by atoms with Crippen molar-refractivity contribution in [3.05, 3.63) is 24.3 Å². The summed E-state index contributed by atoms with van der Waals surface area (Å²) < 4.78 is 7.18. The number of nitriles is 1. The zero-order chi connectivity index (χ0) is 20.5. The van der Waals surface area contributed by atoms with Gasteiger partial charge in [-0.05, 0) is 27.7 Å². The van der Waals surface area contributed by atoms with Gasteiger partial charge in [-0.25, -0.2) is 14.8 Å². The van der Waals surface area contributed by atoms with Crippen LogP contribution in [0.1, 0.15) is 33.4 Å². The van der Waals surface area contributed by atoms with E-state index in [0.29, 0.717) is 31.1 Å². The van der Waals surface area contributed by atoms with Gasteiger partial charge in [-0.1, -0.05) is 0 Å². The number of rotatable bonds is 2. The van der Waals surface area contributed by atoms with Crippen molar-refractivity contribution in [2.75, 3.05) is 24.5 Å². The fraction of sp³-hybridized carbons (Fsp3) is 0.526. The third-order valence-corrected chi connectivity index (χ3v) is 4.42. The highest BCUT2D eigenvalue weighted by Crippen LogP contribution is 2.25. The second-order valence-electron chi connectivity index (χ2n) is 7.91. The minimum atomic E-state index is -0.536. The van der Waals surface area contributed by atoms with Crippen LogP contribution in [0.2, 0.25) is 0 Å². The summed E-state index contributed by atoms with van der Waals surface area (Å²) in [5, 5.41) is 13.6. The molecule has 0 bridgehead atoms. The number of nitrogens with zero attached hydrogens (tertiary/aromatic N) is 7. The van der Waals surface area contributed by atoms with Crippen LogP contribution in [0.25, 0.3) is 11.3 Å². The molecule has 9 nitrogen and oxygen atoms in total. The van der Waals surface area contributed by atoms with Gasteiger partial charge in [-0.3, -0.25) is 4.68 Å². The molecule has 0 saturated carbocycles. The van der Waals surface area contributed by atoms with Gasteiger partial charge in [0.2, 0.25) is 0 Å². The highest BCUT2D eigenvalue weighted by atomic mass is 16.6. The molecule has 0 N–H and O–H groups in total. The maximum atomic E-state index is 12.4. The summed E-state index contributed by atoms with van der Waals surface area (Å²) in [5.74, 6) is 0.527. The van der Waals surface area contributed by atoms with Gasteiger partial charge in [0.1, 0.15) is 11.7 Å². The number of aryl methyl sites for hydroxylation is 1. The topological polar surface area (TPSA) is 100 Å². The van der Waals surface area contributed by atoms with Gasteiger partial charge in [0, 0.05) is 44.5 Å². The fourth-order valence-corrected chi connectivity index (χ4v) is 3.11. The monoisotopic (exact) mass is 383 g/mol. The van der Waals surface area contributed by atoms with Crippen molar-refractivity contribution in [2.45, 2.75) is 39.3 Å². The van der Waals surface area contributed by atoms with E-state index in [1.807, 2.05) is 45.8 Å². The van der Waals surface area contributed by atoms with Crippen LogP contribution < -0.4 is 4.90 Å². The van der Waals surface area contributed by atoms with E-state index in [-0.39, 0.29) is 17.8 Å². The molecule has 1 amide bonds. The van der Waals surface area contributed by atoms with E-state index in [9.17, 15) is 10.1 Å². The molecule has 3 rings (SSSR count). The number of carbonyl (C=O) groups excluding carboxylic acids is 1. The zero-order valence-electron chi connectivity index (χ0n) is 16.9. The van der Waals surface area contributed by atoms with Crippen molar-refractivity contribution in [1.29, 1.82) is 5.26 Å². The van der Waals surface area contributed by atoms with Crippen LogP contribution in [0.15, 0.2) is 18.6 Å². The molecule has 2 aromatic heterocycles. The van der Waals surface area contributed by atoms with E-state index >= 15 is 0 Å². The van der Waals surface area contributed by atoms with E-state index in [1.54, 1.807) is 22.0 Å². The maximum absolute atomic E-state index is 12.4. The lowest BCUT2D eigenvalue weighted by Gasteiger charge is -2.40. The molecule has 148 valence electrons. The second-order valence-corrected chi connectivity index (χ2v) is 7.91. The summed E-state index contributed by atoms with van der Waals surface area (Å²) in [6.07, 6.45) is 4.82. The van der Waals surface area contributed by atoms with E-state index in [2.05, 4.69) is 21.1 Å². The van der Waals surface area contributed by atoms with Gasteiger partial charge < -0.3 is 14.5 Å². The lowest BCUT2D eigenvalue weighted by molar-refractivity contribution is 0.0158. The Bertz CT molecular complexity index is 910. The van der Waals surface area contributed by atoms with E-state index in [4.69, 9.17) is 4.74 Å². The summed E-state index contributed by atoms with van der Waals surface area (Å²) in [6, 6.07) is 2.03. The number of carbonyl (C=O) groups is 1. The first-order chi connectivity index (χ1) is 13.2. The van der Waals surface area contributed by atoms with Gasteiger partial charge >= 0.3 is 6.09 Å². The van der Waals surface area contributed by atoms with Crippen LogP contribution in [-0.2, 0) is 11.8 Å². The lowest BCUT2D eigenvalue weighted by Crippen LogP contribution is -2.55. The molecule has 0 radical (unpaired) electrons. The Hall–Kier alpha value is -3.15. The zero-order valence-corrected chi connectivity index (χ0v) is 16.9. The van der Waals surface area contributed by atoms with Gasteiger partial charge in [-0.2, -0.15) is 10.4 Å². The maximum Gasteiger partial charge on any atom is 0.410 e. The number of ether oxygens (including phenoxy) is 1. The summed E-state index contributed by atoms with van der Waals surface area (Å²) in [7, 11) is 1.83. The number of aromatic nitrogens is 4. The summed E-state index contributed by atoms with van der Waals surface area (Å²) in [4.78, 5) is 25.1. The largest absolute Gasteiger partial charge is 0.444 e. The van der Waals surface area contributed by atoms with Crippen LogP contribution in [0.3, 0.4) is 0 Å². The Morgan fingerprint density at radius 1 is 1.32 bits per heavy atom. The minimum absolute atomic E-state index is 0.0843. The highest BCUT2D eigenvalue weighted by Gasteiger charge is 2.32. The molecule has 1 fully saturated rings. The van der Waals surface area contributed by atoms with Crippen LogP contribution >= 0.6 is 0 Å². The standard InChI is InChI=1S/C19H25N7O2/c1-13-11-25(6-7-26(13)18(27)28-19(2,3)4)17-15(8-20)21-10-16(23-17)14-9-22-24(5)12-14/h9-10,12-13H,6-7,11H2,1-5H3/t13-/m1/s1. The van der Waals surface area contributed by atoms with Crippen LogP contribution in [-0.4, -0.2) is 62.0 Å². The van der Waals surface area contributed by atoms with Crippen molar-refractivity contribution < 1.29 is 9.53 Å². The molecule has 1 aliphatic heterocycles. The predicted octanol–water partition coefficient (Wildman–Crippen LogP) is 2.19. The molecular formula is C19H25N7O2. The number of hydrogen-bond acceptors (Lipinski definition) is 7. The number of hydrogen-bond donors (Lipinski definition) is 0. The Morgan fingerprint density at radius 2 is 2.07 bits per heavy atom. The van der Waals surface area contributed by atoms with Crippen molar-refractivity contribution >= 4 is 11.9 Å². The SMILES string of the molecule is C[C@@H]1CN(c2nc(-c3cnn(C)c3)cnc2C#N)CCN1C(=O)OC(C)(C)C. The average molecular weight is 383 g/mol. The van der Waals surface area contributed by atoms with Crippen molar-refractivity contribution in [2.24, 2.45) is 7.05 Å². The number of amides is 1. The third-order valence-electron chi connectivity index (χ3n) is 4.42. The number of piperazine rings is 1. The molecular weight excluding hydrogens is 358 g/mol. The predicted molar refractivity (Wildman–Crippen MR) is 104 cm³/mol. The fourth-order valence-electron chi connectivity index (χ4n) is 3.11. The Labute approximate surface area is 164 Å². The first-order valence-corrected chi connectivity index (χ1v) is 9.18. The smallest absolute Gasteiger partial charge is 0.410 e. The first-order valence-electron chi connectivity index (χ1n) is 9.18. The first kappa shape index (κ1) is 19.6. The van der Waals surface area contributed by atoms with E-state index in [1.165, 1.54) is 0 Å². The van der Waals surface area contributed by atoms with Gasteiger partial charge in [0.05, 0.1) is 18.1 Å². The van der Waals surface area contributed by atoms with Crippen molar-refractivity contribution in [1.82, 2.24) is 24.6 Å². The molecule has 1 aliphatic rings. The molecule has 0 aliphatic carbocycles. The Kier molecular flexibility index (Phi) is 5.23. The van der Waals surface area contributed by atoms with E-state index < -0.39 is 5.60 Å². The molecule has 2 aromatic rings. The van der Waals surface area contributed by atoms with Gasteiger partial charge in [-0.15, -0.1) is 0 Å². The van der Waals surface area contributed by atoms with Crippen LogP contribution in [0.5, 0.6) is 0 Å². The highest BCUT2D eigenvalue weighted by molar-refractivity contribution is 5.69. The third kappa shape index (κ3) is 4.22. The van der Waals surface area contributed by atoms with Gasteiger partial charge in [0.15, 0.2) is 11.5 Å². The lowest BCUT2D eigenvalue weighted by atomic mass is 10.1. The Balaban J connectivity index is 1.81. The van der Waals surface area contributed by atoms with E-state index in [0.717, 1.165) is 5.56 Å². The number of anilines is 1. The molecule has 3 heterocycles. The van der Waals surface area contributed by atoms with Crippen LogP contribution in [0, 0.1) is 11.3 Å². The second kappa shape index (κ2) is 7.46. The molecule has 1 atom stereocenters. The average Bonchev–Trinajstić information content (AvgIpc) is 3.06. The normalized spacial score (nSPS) is 17.4. The Morgan fingerprint density at radius 3 is 2.64 bits per heavy atom. The molecule has 28 heavy (non-hydrogen) atoms. The minimum Gasteiger partial charge on any atom is -0.444 e. The van der Waals surface area contributed by atoms with Crippen molar-refractivity contribution in [3.63, 3.8) is 0 Å². The summed E-state index contributed by atoms with van der Waals surface area (Å²) in [5.41, 5.74) is 1.22. The van der Waals surface area contributed by atoms with Crippen LogP contribution in [0.4, 0.5) is 10.6 Å². The molecule has 0 aromatic carbocycles. The molecule has 0 unspecified atom stereocenters. The summed E-state index contributed by atoms with van der Waals surface area (Å²) >= 11 is 0. The molecule has 0 spiro atoms. The quantitative estimate of drug-likeness (QED) is 0.783. The molecule has 9 heteroatoms.